The minimum atomic E-state index is -1.32. The predicted molar refractivity (Wildman–Crippen MR) is 120 cm³/mol. The Bertz CT molecular complexity index is 765. The van der Waals surface area contributed by atoms with Gasteiger partial charge in [-0.1, -0.05) is 51.3 Å². The lowest BCUT2D eigenvalue weighted by molar-refractivity contribution is -0.152. The number of hydrogen-bond acceptors (Lipinski definition) is 4. The SMILES string of the molecule is C=C(C)CCC[C@@]1(C)CCC[C@@]2(C)C1=CC[C@H](C)[C@]2(C)C[C@H](O)C1=CC(=O)O[C@@H]1O. The molecular formula is C26H40O4. The number of rotatable bonds is 7. The molecule has 4 heteroatoms. The predicted octanol–water partition coefficient (Wildman–Crippen LogP) is 5.45. The molecule has 2 aliphatic carbocycles. The molecule has 1 aliphatic heterocycles. The summed E-state index contributed by atoms with van der Waals surface area (Å²) in [6.45, 7) is 15.6. The van der Waals surface area contributed by atoms with E-state index < -0.39 is 18.4 Å². The molecule has 0 aromatic rings. The van der Waals surface area contributed by atoms with E-state index in [1.54, 1.807) is 5.57 Å². The van der Waals surface area contributed by atoms with Crippen LogP contribution in [0.5, 0.6) is 0 Å². The zero-order valence-electron chi connectivity index (χ0n) is 19.5. The van der Waals surface area contributed by atoms with Gasteiger partial charge in [-0.05, 0) is 74.0 Å². The highest BCUT2D eigenvalue weighted by Gasteiger charge is 2.57. The fourth-order valence-electron chi connectivity index (χ4n) is 6.60. The minimum absolute atomic E-state index is 0.0170. The Labute approximate surface area is 182 Å². The lowest BCUT2D eigenvalue weighted by Gasteiger charge is -2.61. The molecule has 2 N–H and O–H groups in total. The fraction of sp³-hybridized carbons (Fsp3) is 0.731. The maximum atomic E-state index is 11.5. The summed E-state index contributed by atoms with van der Waals surface area (Å²) in [4.78, 5) is 11.5. The first-order valence-electron chi connectivity index (χ1n) is 11.6. The number of aliphatic hydroxyl groups excluding tert-OH is 2. The molecule has 0 radical (unpaired) electrons. The Morgan fingerprint density at radius 2 is 2.03 bits per heavy atom. The first-order chi connectivity index (χ1) is 13.9. The van der Waals surface area contributed by atoms with Crippen LogP contribution < -0.4 is 0 Å². The highest BCUT2D eigenvalue weighted by Crippen LogP contribution is 2.66. The van der Waals surface area contributed by atoms with Crippen molar-refractivity contribution in [3.63, 3.8) is 0 Å². The van der Waals surface area contributed by atoms with Crippen LogP contribution in [0.4, 0.5) is 0 Å². The van der Waals surface area contributed by atoms with Crippen LogP contribution >= 0.6 is 0 Å². The van der Waals surface area contributed by atoms with Gasteiger partial charge < -0.3 is 14.9 Å². The van der Waals surface area contributed by atoms with Crippen LogP contribution in [-0.4, -0.2) is 28.6 Å². The number of allylic oxidation sites excluding steroid dienone is 3. The smallest absolute Gasteiger partial charge is 0.333 e. The van der Waals surface area contributed by atoms with E-state index in [1.807, 2.05) is 0 Å². The quantitative estimate of drug-likeness (QED) is 0.427. The number of esters is 1. The van der Waals surface area contributed by atoms with Gasteiger partial charge >= 0.3 is 5.97 Å². The van der Waals surface area contributed by atoms with Crippen LogP contribution in [0.25, 0.3) is 0 Å². The van der Waals surface area contributed by atoms with Crippen molar-refractivity contribution in [1.29, 1.82) is 0 Å². The number of hydrogen-bond donors (Lipinski definition) is 2. The van der Waals surface area contributed by atoms with E-state index in [0.717, 1.165) is 25.7 Å². The second kappa shape index (κ2) is 8.27. The van der Waals surface area contributed by atoms with E-state index in [1.165, 1.54) is 30.9 Å². The van der Waals surface area contributed by atoms with Gasteiger partial charge in [0, 0.05) is 11.6 Å². The highest BCUT2D eigenvalue weighted by molar-refractivity contribution is 5.85. The van der Waals surface area contributed by atoms with Crippen LogP contribution in [0.2, 0.25) is 0 Å². The summed E-state index contributed by atoms with van der Waals surface area (Å²) >= 11 is 0. The third kappa shape index (κ3) is 3.93. The van der Waals surface area contributed by atoms with Gasteiger partial charge in [0.1, 0.15) is 0 Å². The van der Waals surface area contributed by atoms with Gasteiger partial charge in [0.05, 0.1) is 6.10 Å². The number of carbonyl (C=O) groups is 1. The molecule has 1 fully saturated rings. The minimum Gasteiger partial charge on any atom is -0.429 e. The van der Waals surface area contributed by atoms with Gasteiger partial charge in [0.15, 0.2) is 0 Å². The number of cyclic esters (lactones) is 1. The molecule has 0 spiro atoms. The van der Waals surface area contributed by atoms with Crippen LogP contribution in [0.15, 0.2) is 35.5 Å². The van der Waals surface area contributed by atoms with Gasteiger partial charge in [-0.25, -0.2) is 4.79 Å². The molecule has 3 rings (SSSR count). The fourth-order valence-corrected chi connectivity index (χ4v) is 6.60. The number of aliphatic hydroxyl groups is 2. The van der Waals surface area contributed by atoms with E-state index in [4.69, 9.17) is 4.74 Å². The Morgan fingerprint density at radius 1 is 1.33 bits per heavy atom. The lowest BCUT2D eigenvalue weighted by atomic mass is 9.43. The molecule has 1 heterocycles. The average molecular weight is 417 g/mol. The van der Waals surface area contributed by atoms with Crippen molar-refractivity contribution in [2.24, 2.45) is 22.2 Å². The first-order valence-corrected chi connectivity index (χ1v) is 11.6. The molecule has 0 bridgehead atoms. The molecule has 0 amide bonds. The lowest BCUT2D eigenvalue weighted by Crippen LogP contribution is -2.53. The normalized spacial score (nSPS) is 39.6. The number of ether oxygens (including phenoxy) is 1. The summed E-state index contributed by atoms with van der Waals surface area (Å²) in [6, 6.07) is 0. The van der Waals surface area contributed by atoms with E-state index in [-0.39, 0.29) is 16.2 Å². The van der Waals surface area contributed by atoms with Gasteiger partial charge in [-0.15, -0.1) is 6.58 Å². The van der Waals surface area contributed by atoms with E-state index >= 15 is 0 Å². The second-order valence-corrected chi connectivity index (χ2v) is 10.9. The van der Waals surface area contributed by atoms with Crippen LogP contribution in [0.1, 0.15) is 86.0 Å². The summed E-state index contributed by atoms with van der Waals surface area (Å²) < 4.78 is 4.82. The van der Waals surface area contributed by atoms with Crippen molar-refractivity contribution in [3.8, 4) is 0 Å². The molecule has 4 nitrogen and oxygen atoms in total. The van der Waals surface area contributed by atoms with Crippen molar-refractivity contribution in [1.82, 2.24) is 0 Å². The van der Waals surface area contributed by atoms with Crippen molar-refractivity contribution in [2.75, 3.05) is 0 Å². The highest BCUT2D eigenvalue weighted by atomic mass is 16.6. The topological polar surface area (TPSA) is 66.8 Å². The number of carbonyl (C=O) groups excluding carboxylic acids is 1. The Morgan fingerprint density at radius 3 is 2.63 bits per heavy atom. The van der Waals surface area contributed by atoms with Gasteiger partial charge in [0.2, 0.25) is 6.29 Å². The average Bonchev–Trinajstić information content (AvgIpc) is 2.97. The van der Waals surface area contributed by atoms with Crippen molar-refractivity contribution in [2.45, 2.75) is 98.4 Å². The summed E-state index contributed by atoms with van der Waals surface area (Å²) in [5.74, 6) is -0.178. The van der Waals surface area contributed by atoms with E-state index in [2.05, 4.69) is 47.3 Å². The largest absolute Gasteiger partial charge is 0.429 e. The van der Waals surface area contributed by atoms with Crippen LogP contribution in [0, 0.1) is 22.2 Å². The standard InChI is InChI=1S/C26H40O4/c1-17(2)9-7-12-24(4)13-8-14-25(5)21(24)11-10-18(3)26(25,6)16-20(27)19-15-22(28)30-23(19)29/h11,15,18,20,23,27,29H,1,7-10,12-14,16H2,2-6H3/t18-,20-,23-,24-,25-,26-/m0/s1. The van der Waals surface area contributed by atoms with E-state index in [9.17, 15) is 15.0 Å². The molecule has 30 heavy (non-hydrogen) atoms. The molecule has 0 unspecified atom stereocenters. The molecule has 168 valence electrons. The van der Waals surface area contributed by atoms with Gasteiger partial charge in [-0.2, -0.15) is 0 Å². The molecule has 0 saturated heterocycles. The van der Waals surface area contributed by atoms with Gasteiger partial charge in [-0.3, -0.25) is 0 Å². The monoisotopic (exact) mass is 416 g/mol. The van der Waals surface area contributed by atoms with Gasteiger partial charge in [0.25, 0.3) is 0 Å². The first kappa shape index (κ1) is 23.3. The zero-order chi connectivity index (χ0) is 22.3. The third-order valence-electron chi connectivity index (χ3n) is 8.81. The maximum absolute atomic E-state index is 11.5. The molecule has 6 atom stereocenters. The molecule has 0 aromatic carbocycles. The Kier molecular flexibility index (Phi) is 6.42. The third-order valence-corrected chi connectivity index (χ3v) is 8.81. The summed E-state index contributed by atoms with van der Waals surface area (Å²) in [5.41, 5.74) is 3.13. The summed E-state index contributed by atoms with van der Waals surface area (Å²) in [6.07, 6.45) is 9.97. The molecule has 1 saturated carbocycles. The molecular weight excluding hydrogens is 376 g/mol. The molecule has 0 aromatic heterocycles. The van der Waals surface area contributed by atoms with Crippen molar-refractivity contribution >= 4 is 5.97 Å². The number of fused-ring (bicyclic) bond motifs is 1. The van der Waals surface area contributed by atoms with Crippen LogP contribution in [0.3, 0.4) is 0 Å². The Hall–Kier alpha value is -1.39. The van der Waals surface area contributed by atoms with Crippen molar-refractivity contribution in [3.05, 3.63) is 35.5 Å². The van der Waals surface area contributed by atoms with E-state index in [0.29, 0.717) is 17.9 Å². The second-order valence-electron chi connectivity index (χ2n) is 10.9. The Balaban J connectivity index is 1.89. The van der Waals surface area contributed by atoms with Crippen molar-refractivity contribution < 1.29 is 19.7 Å². The maximum Gasteiger partial charge on any atom is 0.333 e. The zero-order valence-corrected chi connectivity index (χ0v) is 19.5. The van der Waals surface area contributed by atoms with Crippen LogP contribution in [-0.2, 0) is 9.53 Å². The summed E-state index contributed by atoms with van der Waals surface area (Å²) in [5, 5.41) is 21.1. The molecule has 3 aliphatic rings. The summed E-state index contributed by atoms with van der Waals surface area (Å²) in [7, 11) is 0.